The summed E-state index contributed by atoms with van der Waals surface area (Å²) in [6, 6.07) is -0.786. The molecule has 0 aliphatic heterocycles. The number of rotatable bonds is 11. The molecule has 22 heavy (non-hydrogen) atoms. The summed E-state index contributed by atoms with van der Waals surface area (Å²) in [5, 5.41) is 13.4. The quantitative estimate of drug-likeness (QED) is 0.116. The number of hydrogen-bond donors (Lipinski definition) is 6. The van der Waals surface area contributed by atoms with E-state index in [0.717, 1.165) is 0 Å². The Morgan fingerprint density at radius 1 is 1.23 bits per heavy atom. The first kappa shape index (κ1) is 20.0. The number of carbonyl (C=O) groups is 3. The van der Waals surface area contributed by atoms with E-state index < -0.39 is 24.5 Å². The van der Waals surface area contributed by atoms with Crippen molar-refractivity contribution in [2.75, 3.05) is 18.8 Å². The minimum atomic E-state index is -1.15. The van der Waals surface area contributed by atoms with Gasteiger partial charge >= 0.3 is 5.97 Å². The molecule has 7 N–H and O–H groups in total. The number of carboxylic acids is 1. The fourth-order valence-corrected chi connectivity index (χ4v) is 1.79. The van der Waals surface area contributed by atoms with Crippen LogP contribution < -0.4 is 22.1 Å². The first-order chi connectivity index (χ1) is 10.4. The van der Waals surface area contributed by atoms with Crippen LogP contribution in [0.4, 0.5) is 0 Å². The summed E-state index contributed by atoms with van der Waals surface area (Å²) in [5.74, 6) is -1.63. The van der Waals surface area contributed by atoms with Crippen LogP contribution in [0.25, 0.3) is 0 Å². The molecule has 0 radical (unpaired) electrons. The second-order valence-electron chi connectivity index (χ2n) is 4.51. The molecule has 0 saturated heterocycles. The lowest BCUT2D eigenvalue weighted by Gasteiger charge is -2.17. The monoisotopic (exact) mass is 333 g/mol. The lowest BCUT2D eigenvalue weighted by Crippen LogP contribution is -2.47. The van der Waals surface area contributed by atoms with Crippen LogP contribution in [-0.4, -0.2) is 53.7 Å². The van der Waals surface area contributed by atoms with Crippen molar-refractivity contribution in [1.29, 1.82) is 0 Å². The van der Waals surface area contributed by atoms with Gasteiger partial charge in [-0.3, -0.25) is 19.4 Å². The summed E-state index contributed by atoms with van der Waals surface area (Å²) in [4.78, 5) is 37.7. The van der Waals surface area contributed by atoms with Gasteiger partial charge in [0.1, 0.15) is 12.6 Å². The van der Waals surface area contributed by atoms with Crippen LogP contribution in [0.5, 0.6) is 0 Å². The third kappa shape index (κ3) is 10.8. The molecule has 0 aliphatic rings. The van der Waals surface area contributed by atoms with E-state index >= 15 is 0 Å². The average molecular weight is 333 g/mol. The minimum Gasteiger partial charge on any atom is -0.480 e. The Bertz CT molecular complexity index is 412. The molecule has 0 saturated carbocycles. The molecule has 0 spiro atoms. The molecule has 0 bridgehead atoms. The molecule has 0 aromatic rings. The highest BCUT2D eigenvalue weighted by atomic mass is 32.1. The van der Waals surface area contributed by atoms with Gasteiger partial charge in [0.2, 0.25) is 11.8 Å². The molecule has 0 rings (SSSR count). The molecule has 10 heteroatoms. The van der Waals surface area contributed by atoms with Gasteiger partial charge in [0, 0.05) is 13.0 Å². The zero-order valence-electron chi connectivity index (χ0n) is 12.2. The fraction of sp³-hybridized carbons (Fsp3) is 0.667. The van der Waals surface area contributed by atoms with Gasteiger partial charge in [-0.05, 0) is 25.0 Å². The SMILES string of the molecule is NC(N)=NCCCC[C@H](NC(=O)CCS)C(=O)NCC(=O)O. The summed E-state index contributed by atoms with van der Waals surface area (Å²) in [6.45, 7) is -0.0673. The smallest absolute Gasteiger partial charge is 0.322 e. The maximum atomic E-state index is 11.9. The highest BCUT2D eigenvalue weighted by Gasteiger charge is 2.20. The molecular weight excluding hydrogens is 310 g/mol. The molecule has 2 amide bonds. The third-order valence-corrected chi connectivity index (χ3v) is 2.82. The summed E-state index contributed by atoms with van der Waals surface area (Å²) >= 11 is 3.94. The maximum Gasteiger partial charge on any atom is 0.322 e. The third-order valence-electron chi connectivity index (χ3n) is 2.60. The van der Waals surface area contributed by atoms with E-state index in [2.05, 4.69) is 28.3 Å². The van der Waals surface area contributed by atoms with Gasteiger partial charge < -0.3 is 27.2 Å². The number of unbranched alkanes of at least 4 members (excludes halogenated alkanes) is 1. The van der Waals surface area contributed by atoms with Crippen LogP contribution >= 0.6 is 12.6 Å². The number of carboxylic acid groups (broad SMARTS) is 1. The Morgan fingerprint density at radius 2 is 1.91 bits per heavy atom. The predicted octanol–water partition coefficient (Wildman–Crippen LogP) is -1.56. The topological polar surface area (TPSA) is 160 Å². The Labute approximate surface area is 134 Å². The van der Waals surface area contributed by atoms with Crippen LogP contribution in [0.2, 0.25) is 0 Å². The van der Waals surface area contributed by atoms with E-state index in [1.54, 1.807) is 0 Å². The summed E-state index contributed by atoms with van der Waals surface area (Å²) in [6.07, 6.45) is 1.79. The number of hydrogen-bond acceptors (Lipinski definition) is 5. The Hall–Kier alpha value is -1.97. The second kappa shape index (κ2) is 11.7. The highest BCUT2D eigenvalue weighted by molar-refractivity contribution is 7.80. The van der Waals surface area contributed by atoms with Gasteiger partial charge in [0.15, 0.2) is 5.96 Å². The van der Waals surface area contributed by atoms with Crippen molar-refractivity contribution in [3.63, 3.8) is 0 Å². The number of aliphatic carboxylic acids is 1. The first-order valence-electron chi connectivity index (χ1n) is 6.82. The fourth-order valence-electron chi connectivity index (χ4n) is 1.59. The lowest BCUT2D eigenvalue weighted by atomic mass is 10.1. The molecule has 126 valence electrons. The largest absolute Gasteiger partial charge is 0.480 e. The van der Waals surface area contributed by atoms with Crippen molar-refractivity contribution in [1.82, 2.24) is 10.6 Å². The average Bonchev–Trinajstić information content (AvgIpc) is 2.43. The van der Waals surface area contributed by atoms with Crippen LogP contribution in [-0.2, 0) is 14.4 Å². The summed E-state index contributed by atoms with van der Waals surface area (Å²) < 4.78 is 0. The number of amides is 2. The normalized spacial score (nSPS) is 11.3. The zero-order chi connectivity index (χ0) is 17.0. The number of nitrogens with zero attached hydrogens (tertiary/aromatic N) is 1. The number of thiol groups is 1. The van der Waals surface area contributed by atoms with Crippen molar-refractivity contribution >= 4 is 36.4 Å². The van der Waals surface area contributed by atoms with Crippen molar-refractivity contribution in [2.24, 2.45) is 16.5 Å². The number of nitrogens with two attached hydrogens (primary N) is 2. The van der Waals surface area contributed by atoms with E-state index in [1.807, 2.05) is 0 Å². The number of guanidine groups is 1. The van der Waals surface area contributed by atoms with Gasteiger partial charge in [-0.15, -0.1) is 0 Å². The van der Waals surface area contributed by atoms with E-state index in [1.165, 1.54) is 0 Å². The maximum absolute atomic E-state index is 11.9. The van der Waals surface area contributed by atoms with Crippen molar-refractivity contribution in [2.45, 2.75) is 31.7 Å². The molecule has 0 aromatic heterocycles. The van der Waals surface area contributed by atoms with E-state index in [4.69, 9.17) is 16.6 Å². The van der Waals surface area contributed by atoms with Gasteiger partial charge in [0.25, 0.3) is 0 Å². The van der Waals surface area contributed by atoms with E-state index in [0.29, 0.717) is 31.6 Å². The summed E-state index contributed by atoms with van der Waals surface area (Å²) in [5.41, 5.74) is 10.4. The molecule has 0 aliphatic carbocycles. The standard InChI is InChI=1S/C12H23N5O4S/c13-12(14)15-5-2-1-3-8(17-9(18)4-6-22)11(21)16-7-10(19)20/h8,22H,1-7H2,(H,16,21)(H,17,18)(H,19,20)(H4,13,14,15)/t8-/m0/s1. The van der Waals surface area contributed by atoms with Crippen molar-refractivity contribution < 1.29 is 19.5 Å². The number of nitrogens with one attached hydrogen (secondary N) is 2. The molecule has 0 fully saturated rings. The lowest BCUT2D eigenvalue weighted by molar-refractivity contribution is -0.138. The molecular formula is C12H23N5O4S. The van der Waals surface area contributed by atoms with Gasteiger partial charge in [-0.1, -0.05) is 0 Å². The Balaban J connectivity index is 4.38. The zero-order valence-corrected chi connectivity index (χ0v) is 13.1. The Kier molecular flexibility index (Phi) is 10.6. The van der Waals surface area contributed by atoms with Crippen LogP contribution in [0.15, 0.2) is 4.99 Å². The number of aliphatic imine (C=N–C) groups is 1. The van der Waals surface area contributed by atoms with E-state index in [9.17, 15) is 14.4 Å². The van der Waals surface area contributed by atoms with Crippen LogP contribution in [0.1, 0.15) is 25.7 Å². The predicted molar refractivity (Wildman–Crippen MR) is 85.6 cm³/mol. The Morgan fingerprint density at radius 3 is 2.45 bits per heavy atom. The number of carbonyl (C=O) groups excluding carboxylic acids is 2. The molecule has 0 unspecified atom stereocenters. The molecule has 0 heterocycles. The molecule has 0 aromatic carbocycles. The van der Waals surface area contributed by atoms with Gasteiger partial charge in [-0.2, -0.15) is 12.6 Å². The minimum absolute atomic E-state index is 0.00201. The van der Waals surface area contributed by atoms with Gasteiger partial charge in [0.05, 0.1) is 0 Å². The van der Waals surface area contributed by atoms with Gasteiger partial charge in [-0.25, -0.2) is 0 Å². The van der Waals surface area contributed by atoms with Crippen molar-refractivity contribution in [3.05, 3.63) is 0 Å². The second-order valence-corrected chi connectivity index (χ2v) is 4.95. The summed E-state index contributed by atoms with van der Waals surface area (Å²) in [7, 11) is 0. The van der Waals surface area contributed by atoms with Crippen molar-refractivity contribution in [3.8, 4) is 0 Å². The van der Waals surface area contributed by atoms with E-state index in [-0.39, 0.29) is 18.3 Å². The first-order valence-corrected chi connectivity index (χ1v) is 7.45. The molecule has 9 nitrogen and oxygen atoms in total. The van der Waals surface area contributed by atoms with Crippen LogP contribution in [0.3, 0.4) is 0 Å². The highest BCUT2D eigenvalue weighted by Crippen LogP contribution is 2.03. The van der Waals surface area contributed by atoms with Crippen LogP contribution in [0, 0.1) is 0 Å². The molecule has 1 atom stereocenters.